The van der Waals surface area contributed by atoms with Gasteiger partial charge in [0, 0.05) is 12.2 Å². The third-order valence-electron chi connectivity index (χ3n) is 4.69. The quantitative estimate of drug-likeness (QED) is 0.277. The minimum absolute atomic E-state index is 0.628. The van der Waals surface area contributed by atoms with Crippen molar-refractivity contribution in [1.82, 2.24) is 40.0 Å². The van der Waals surface area contributed by atoms with E-state index < -0.39 is 0 Å². The van der Waals surface area contributed by atoms with Crippen molar-refractivity contribution in [2.45, 2.75) is 40.9 Å². The van der Waals surface area contributed by atoms with Gasteiger partial charge in [0.15, 0.2) is 15.3 Å². The molecular formula is C21H20N8S3. The number of hydrogen-bond acceptors (Lipinski definition) is 9. The molecule has 5 aromatic rings. The first-order valence-corrected chi connectivity index (χ1v) is 13.0. The van der Waals surface area contributed by atoms with Crippen molar-refractivity contribution >= 4 is 45.1 Å². The Morgan fingerprint density at radius 3 is 2.53 bits per heavy atom. The lowest BCUT2D eigenvalue weighted by molar-refractivity contribution is 0.564. The molecule has 0 amide bonds. The van der Waals surface area contributed by atoms with Crippen LogP contribution in [0.3, 0.4) is 0 Å². The summed E-state index contributed by atoms with van der Waals surface area (Å²) in [7, 11) is 0. The number of tetrazole rings is 1. The van der Waals surface area contributed by atoms with Crippen LogP contribution in [0.15, 0.2) is 64.1 Å². The van der Waals surface area contributed by atoms with Gasteiger partial charge >= 0.3 is 0 Å². The van der Waals surface area contributed by atoms with Crippen molar-refractivity contribution in [3.63, 3.8) is 0 Å². The molecule has 0 aliphatic heterocycles. The molecule has 0 fully saturated rings. The molecule has 11 heteroatoms. The first-order chi connectivity index (χ1) is 15.8. The summed E-state index contributed by atoms with van der Waals surface area (Å²) in [6, 6.07) is 18.4. The maximum absolute atomic E-state index is 4.73. The normalized spacial score (nSPS) is 11.4. The zero-order valence-electron chi connectivity index (χ0n) is 17.3. The van der Waals surface area contributed by atoms with Gasteiger partial charge in [-0.1, -0.05) is 60.8 Å². The number of para-hydroxylation sites is 2. The first kappa shape index (κ1) is 21.1. The van der Waals surface area contributed by atoms with Crippen molar-refractivity contribution in [2.24, 2.45) is 0 Å². The molecular weight excluding hydrogens is 460 g/mol. The second-order valence-electron chi connectivity index (χ2n) is 6.91. The minimum Gasteiger partial charge on any atom is -0.273 e. The Morgan fingerprint density at radius 1 is 0.875 bits per heavy atom. The Hall–Kier alpha value is -2.76. The number of thioether (sulfide) groups is 2. The third-order valence-corrected chi connectivity index (χ3v) is 7.79. The van der Waals surface area contributed by atoms with Gasteiger partial charge in [-0.2, -0.15) is 0 Å². The molecule has 3 heterocycles. The molecule has 0 aliphatic carbocycles. The molecule has 0 bridgehead atoms. The maximum atomic E-state index is 4.73. The summed E-state index contributed by atoms with van der Waals surface area (Å²) < 4.78 is 6.18. The average molecular weight is 481 g/mol. The number of hydrogen-bond donors (Lipinski definition) is 0. The molecule has 3 aromatic heterocycles. The Morgan fingerprint density at radius 2 is 1.69 bits per heavy atom. The van der Waals surface area contributed by atoms with E-state index >= 15 is 0 Å². The van der Waals surface area contributed by atoms with Gasteiger partial charge in [0.2, 0.25) is 0 Å². The average Bonchev–Trinajstić information content (AvgIpc) is 3.55. The molecule has 0 aliphatic rings. The van der Waals surface area contributed by atoms with Crippen LogP contribution in [-0.4, -0.2) is 40.0 Å². The predicted molar refractivity (Wildman–Crippen MR) is 128 cm³/mol. The number of fused-ring (bicyclic) bond motifs is 1. The van der Waals surface area contributed by atoms with Crippen molar-refractivity contribution in [3.05, 3.63) is 66.2 Å². The topological polar surface area (TPSA) is 87.2 Å². The van der Waals surface area contributed by atoms with E-state index in [4.69, 9.17) is 4.98 Å². The highest BCUT2D eigenvalue weighted by Gasteiger charge is 2.17. The SMILES string of the molecule is CCCn1nnnc1CSc1nnc(CSc2nc3ccccc3s2)n1-c1ccccc1. The minimum atomic E-state index is 0.628. The van der Waals surface area contributed by atoms with Gasteiger partial charge in [-0.25, -0.2) is 9.67 Å². The molecule has 8 nitrogen and oxygen atoms in total. The molecule has 0 radical (unpaired) electrons. The molecule has 0 saturated carbocycles. The summed E-state index contributed by atoms with van der Waals surface area (Å²) in [6.45, 7) is 2.92. The standard InChI is InChI=1S/C21H20N8S3/c1-2-12-28-18(24-26-27-28)13-30-20-25-23-19(29(20)15-8-4-3-5-9-15)14-31-21-22-16-10-6-7-11-17(16)32-21/h3-11H,2,12-14H2,1H3. The highest BCUT2D eigenvalue weighted by atomic mass is 32.2. The number of aromatic nitrogens is 8. The lowest BCUT2D eigenvalue weighted by Gasteiger charge is -2.09. The summed E-state index contributed by atoms with van der Waals surface area (Å²) in [5.74, 6) is 3.03. The van der Waals surface area contributed by atoms with Gasteiger partial charge in [-0.05, 0) is 41.1 Å². The van der Waals surface area contributed by atoms with Crippen LogP contribution in [0.5, 0.6) is 0 Å². The summed E-state index contributed by atoms with van der Waals surface area (Å²) in [5.41, 5.74) is 2.07. The molecule has 2 aromatic carbocycles. The number of nitrogens with zero attached hydrogens (tertiary/aromatic N) is 8. The van der Waals surface area contributed by atoms with Crippen LogP contribution in [0.2, 0.25) is 0 Å². The molecule has 162 valence electrons. The molecule has 0 saturated heterocycles. The molecule has 0 unspecified atom stereocenters. The van der Waals surface area contributed by atoms with E-state index in [-0.39, 0.29) is 0 Å². The Balaban J connectivity index is 1.38. The van der Waals surface area contributed by atoms with Crippen molar-refractivity contribution in [2.75, 3.05) is 0 Å². The molecule has 32 heavy (non-hydrogen) atoms. The van der Waals surface area contributed by atoms with Crippen LogP contribution < -0.4 is 0 Å². The second-order valence-corrected chi connectivity index (χ2v) is 10.1. The fraction of sp³-hybridized carbons (Fsp3) is 0.238. The Labute approximate surface area is 197 Å². The van der Waals surface area contributed by atoms with Crippen LogP contribution in [0.4, 0.5) is 0 Å². The smallest absolute Gasteiger partial charge is 0.196 e. The van der Waals surface area contributed by atoms with E-state index in [9.17, 15) is 0 Å². The van der Waals surface area contributed by atoms with Crippen molar-refractivity contribution in [3.8, 4) is 5.69 Å². The lowest BCUT2D eigenvalue weighted by Crippen LogP contribution is -2.05. The monoisotopic (exact) mass is 480 g/mol. The van der Waals surface area contributed by atoms with Crippen molar-refractivity contribution in [1.29, 1.82) is 0 Å². The summed E-state index contributed by atoms with van der Waals surface area (Å²) in [4.78, 5) is 4.73. The van der Waals surface area contributed by atoms with Gasteiger partial charge in [0.05, 0.1) is 21.7 Å². The van der Waals surface area contributed by atoms with Crippen LogP contribution >= 0.6 is 34.9 Å². The molecule has 0 atom stereocenters. The van der Waals surface area contributed by atoms with Crippen molar-refractivity contribution < 1.29 is 0 Å². The van der Waals surface area contributed by atoms with Crippen LogP contribution in [0.1, 0.15) is 25.0 Å². The number of rotatable bonds is 9. The van der Waals surface area contributed by atoms with Gasteiger partial charge in [0.1, 0.15) is 5.82 Å². The van der Waals surface area contributed by atoms with E-state index in [1.165, 1.54) is 4.70 Å². The fourth-order valence-corrected chi connectivity index (χ4v) is 6.09. The zero-order valence-corrected chi connectivity index (χ0v) is 19.8. The summed E-state index contributed by atoms with van der Waals surface area (Å²) >= 11 is 4.98. The number of thiazole rings is 1. The van der Waals surface area contributed by atoms with Crippen LogP contribution in [-0.2, 0) is 18.1 Å². The lowest BCUT2D eigenvalue weighted by atomic mass is 10.3. The van der Waals surface area contributed by atoms with Gasteiger partial charge in [-0.3, -0.25) is 4.57 Å². The number of aryl methyl sites for hydroxylation is 1. The maximum Gasteiger partial charge on any atom is 0.196 e. The Bertz CT molecular complexity index is 1280. The van der Waals surface area contributed by atoms with E-state index in [1.807, 2.05) is 41.1 Å². The van der Waals surface area contributed by atoms with E-state index in [1.54, 1.807) is 34.9 Å². The molecule has 0 spiro atoms. The zero-order chi connectivity index (χ0) is 21.8. The van der Waals surface area contributed by atoms with Gasteiger partial charge in [0.25, 0.3) is 0 Å². The number of benzene rings is 2. The van der Waals surface area contributed by atoms with Gasteiger partial charge in [-0.15, -0.1) is 26.6 Å². The Kier molecular flexibility index (Phi) is 6.46. The predicted octanol–water partition coefficient (Wildman–Crippen LogP) is 4.86. The van der Waals surface area contributed by atoms with Crippen LogP contribution in [0, 0.1) is 0 Å². The summed E-state index contributed by atoms with van der Waals surface area (Å²) in [5, 5.41) is 21.9. The van der Waals surface area contributed by atoms with Crippen LogP contribution in [0.25, 0.3) is 15.9 Å². The molecule has 0 N–H and O–H groups in total. The second kappa shape index (κ2) is 9.80. The third kappa shape index (κ3) is 4.54. The highest BCUT2D eigenvalue weighted by molar-refractivity contribution is 8.00. The largest absolute Gasteiger partial charge is 0.273 e. The van der Waals surface area contributed by atoms with E-state index in [0.29, 0.717) is 11.5 Å². The van der Waals surface area contributed by atoms with Gasteiger partial charge < -0.3 is 0 Å². The first-order valence-electron chi connectivity index (χ1n) is 10.2. The van der Waals surface area contributed by atoms with E-state index in [0.717, 1.165) is 45.3 Å². The summed E-state index contributed by atoms with van der Waals surface area (Å²) in [6.07, 6.45) is 0.982. The fourth-order valence-electron chi connectivity index (χ4n) is 3.20. The highest BCUT2D eigenvalue weighted by Crippen LogP contribution is 2.32. The van der Waals surface area contributed by atoms with E-state index in [2.05, 4.69) is 55.4 Å². The molecule has 5 rings (SSSR count).